The van der Waals surface area contributed by atoms with Gasteiger partial charge in [0, 0.05) is 10.8 Å². The summed E-state index contributed by atoms with van der Waals surface area (Å²) >= 11 is 5.67. The Kier molecular flexibility index (Phi) is 3.92. The highest BCUT2D eigenvalue weighted by atomic mass is 35.5. The van der Waals surface area contributed by atoms with Crippen molar-refractivity contribution in [3.05, 3.63) is 34.9 Å². The topological polar surface area (TPSA) is 57.2 Å². The van der Waals surface area contributed by atoms with Crippen molar-refractivity contribution >= 4 is 21.7 Å². The molecule has 0 radical (unpaired) electrons. The molecule has 1 aromatic rings. The first kappa shape index (κ1) is 11.5. The van der Waals surface area contributed by atoms with Crippen molar-refractivity contribution in [2.45, 2.75) is 12.8 Å². The van der Waals surface area contributed by atoms with Crippen molar-refractivity contribution in [2.75, 3.05) is 5.75 Å². The quantitative estimate of drug-likeness (QED) is 0.746. The molecule has 0 aliphatic heterocycles. The number of halogens is 1. The van der Waals surface area contributed by atoms with Crippen LogP contribution in [0.2, 0.25) is 5.02 Å². The van der Waals surface area contributed by atoms with Gasteiger partial charge < -0.3 is 4.55 Å². The molecule has 78 valence electrons. The van der Waals surface area contributed by atoms with Gasteiger partial charge in [0.25, 0.3) is 0 Å². The van der Waals surface area contributed by atoms with Crippen LogP contribution in [0.1, 0.15) is 12.0 Å². The Balaban J connectivity index is 2.43. The van der Waals surface area contributed by atoms with Gasteiger partial charge in [0.2, 0.25) is 0 Å². The summed E-state index contributed by atoms with van der Waals surface area (Å²) in [5, 5.41) is 0.644. The van der Waals surface area contributed by atoms with E-state index in [0.29, 0.717) is 17.9 Å². The monoisotopic (exact) mass is 233 g/mol. The first-order chi connectivity index (χ1) is 6.47. The zero-order valence-corrected chi connectivity index (χ0v) is 9.01. The van der Waals surface area contributed by atoms with E-state index in [9.17, 15) is 13.0 Å². The minimum absolute atomic E-state index is 0.310. The van der Waals surface area contributed by atoms with Crippen LogP contribution in [0.5, 0.6) is 0 Å². The Morgan fingerprint density at radius 2 is 1.79 bits per heavy atom. The van der Waals surface area contributed by atoms with Crippen molar-refractivity contribution in [1.82, 2.24) is 0 Å². The molecule has 3 nitrogen and oxygen atoms in total. The van der Waals surface area contributed by atoms with Gasteiger partial charge >= 0.3 is 0 Å². The average Bonchev–Trinajstić information content (AvgIpc) is 2.06. The van der Waals surface area contributed by atoms with Crippen LogP contribution in [0.25, 0.3) is 0 Å². The van der Waals surface area contributed by atoms with E-state index < -0.39 is 10.1 Å². The molecule has 0 aromatic heterocycles. The van der Waals surface area contributed by atoms with Gasteiger partial charge in [-0.2, -0.15) is 0 Å². The van der Waals surface area contributed by atoms with Gasteiger partial charge in [0.05, 0.1) is 10.1 Å². The first-order valence-electron chi connectivity index (χ1n) is 4.15. The lowest BCUT2D eigenvalue weighted by Crippen LogP contribution is -2.05. The molecule has 1 rings (SSSR count). The Labute approximate surface area is 88.5 Å². The SMILES string of the molecule is O=S(=O)([O-])CCCc1ccc(Cl)cc1. The van der Waals surface area contributed by atoms with E-state index in [4.69, 9.17) is 11.6 Å². The van der Waals surface area contributed by atoms with Crippen LogP contribution in [0.4, 0.5) is 0 Å². The molecular formula is C9H10ClO3S-. The van der Waals surface area contributed by atoms with E-state index in [0.717, 1.165) is 5.56 Å². The minimum atomic E-state index is -4.08. The van der Waals surface area contributed by atoms with Gasteiger partial charge in [-0.05, 0) is 30.5 Å². The highest BCUT2D eigenvalue weighted by Gasteiger charge is 1.97. The molecule has 0 saturated carbocycles. The summed E-state index contributed by atoms with van der Waals surface area (Å²) < 4.78 is 30.9. The molecule has 0 saturated heterocycles. The normalized spacial score (nSPS) is 11.6. The second-order valence-electron chi connectivity index (χ2n) is 2.99. The van der Waals surface area contributed by atoms with Crippen molar-refractivity contribution in [3.63, 3.8) is 0 Å². The van der Waals surface area contributed by atoms with Gasteiger partial charge in [-0.3, -0.25) is 0 Å². The predicted molar refractivity (Wildman–Crippen MR) is 54.3 cm³/mol. The van der Waals surface area contributed by atoms with Crippen LogP contribution >= 0.6 is 11.6 Å². The molecule has 0 amide bonds. The van der Waals surface area contributed by atoms with Gasteiger partial charge in [-0.15, -0.1) is 0 Å². The van der Waals surface area contributed by atoms with Crippen molar-refractivity contribution in [1.29, 1.82) is 0 Å². The maximum Gasteiger partial charge on any atom is 0.0946 e. The summed E-state index contributed by atoms with van der Waals surface area (Å²) in [5.74, 6) is -0.310. The Morgan fingerprint density at radius 1 is 1.21 bits per heavy atom. The van der Waals surface area contributed by atoms with Crippen LogP contribution in [-0.4, -0.2) is 18.7 Å². The lowest BCUT2D eigenvalue weighted by molar-refractivity contribution is 0.461. The summed E-state index contributed by atoms with van der Waals surface area (Å²) in [5.41, 5.74) is 0.984. The van der Waals surface area contributed by atoms with Crippen LogP contribution in [0.3, 0.4) is 0 Å². The standard InChI is InChI=1S/C9H11ClO3S/c10-9-5-3-8(4-6-9)2-1-7-14(11,12)13/h3-6H,1-2,7H2,(H,11,12,13)/p-1. The Bertz CT molecular complexity index is 383. The first-order valence-corrected chi connectivity index (χ1v) is 6.11. The molecule has 0 bridgehead atoms. The van der Waals surface area contributed by atoms with Crippen molar-refractivity contribution < 1.29 is 13.0 Å². The van der Waals surface area contributed by atoms with E-state index in [-0.39, 0.29) is 5.75 Å². The smallest absolute Gasteiger partial charge is 0.0946 e. The van der Waals surface area contributed by atoms with Gasteiger partial charge in [0.1, 0.15) is 0 Å². The number of hydrogen-bond acceptors (Lipinski definition) is 3. The third-order valence-corrected chi connectivity index (χ3v) is 2.81. The average molecular weight is 234 g/mol. The molecule has 1 aromatic carbocycles. The molecule has 0 aliphatic carbocycles. The summed E-state index contributed by atoms with van der Waals surface area (Å²) in [6.07, 6.45) is 0.937. The zero-order chi connectivity index (χ0) is 10.6. The summed E-state index contributed by atoms with van der Waals surface area (Å²) in [4.78, 5) is 0. The van der Waals surface area contributed by atoms with E-state index in [1.165, 1.54) is 0 Å². The molecule has 0 atom stereocenters. The van der Waals surface area contributed by atoms with E-state index in [2.05, 4.69) is 0 Å². The number of aryl methyl sites for hydroxylation is 1. The Morgan fingerprint density at radius 3 is 2.29 bits per heavy atom. The van der Waals surface area contributed by atoms with Crippen LogP contribution in [-0.2, 0) is 16.5 Å². The number of hydrogen-bond donors (Lipinski definition) is 0. The van der Waals surface area contributed by atoms with Crippen molar-refractivity contribution in [2.24, 2.45) is 0 Å². The third kappa shape index (κ3) is 4.60. The Hall–Kier alpha value is -0.580. The highest BCUT2D eigenvalue weighted by molar-refractivity contribution is 7.85. The lowest BCUT2D eigenvalue weighted by atomic mass is 10.1. The van der Waals surface area contributed by atoms with Gasteiger partial charge in [0.15, 0.2) is 0 Å². The molecule has 0 fully saturated rings. The predicted octanol–water partition coefficient (Wildman–Crippen LogP) is 1.82. The molecule has 5 heteroatoms. The summed E-state index contributed by atoms with van der Waals surface area (Å²) in [6.45, 7) is 0. The fourth-order valence-electron chi connectivity index (χ4n) is 1.10. The third-order valence-electron chi connectivity index (χ3n) is 1.77. The number of benzene rings is 1. The largest absolute Gasteiger partial charge is 0.748 e. The van der Waals surface area contributed by atoms with Gasteiger partial charge in [-0.1, -0.05) is 23.7 Å². The van der Waals surface area contributed by atoms with E-state index >= 15 is 0 Å². The summed E-state index contributed by atoms with van der Waals surface area (Å²) in [6, 6.07) is 7.12. The lowest BCUT2D eigenvalue weighted by Gasteiger charge is -2.06. The maximum atomic E-state index is 10.3. The van der Waals surface area contributed by atoms with E-state index in [1.807, 2.05) is 12.1 Å². The molecule has 0 aliphatic rings. The molecule has 0 unspecified atom stereocenters. The molecule has 14 heavy (non-hydrogen) atoms. The van der Waals surface area contributed by atoms with Gasteiger partial charge in [-0.25, -0.2) is 8.42 Å². The molecular weight excluding hydrogens is 224 g/mol. The molecule has 0 N–H and O–H groups in total. The molecule has 0 spiro atoms. The van der Waals surface area contributed by atoms with Crippen molar-refractivity contribution in [3.8, 4) is 0 Å². The second kappa shape index (κ2) is 4.77. The van der Waals surface area contributed by atoms with Crippen LogP contribution < -0.4 is 0 Å². The molecule has 0 heterocycles. The highest BCUT2D eigenvalue weighted by Crippen LogP contribution is 2.11. The number of rotatable bonds is 4. The van der Waals surface area contributed by atoms with E-state index in [1.54, 1.807) is 12.1 Å². The van der Waals surface area contributed by atoms with Crippen LogP contribution in [0, 0.1) is 0 Å². The zero-order valence-electron chi connectivity index (χ0n) is 7.44. The van der Waals surface area contributed by atoms with Crippen LogP contribution in [0.15, 0.2) is 24.3 Å². The second-order valence-corrected chi connectivity index (χ2v) is 4.95. The minimum Gasteiger partial charge on any atom is -0.748 e. The maximum absolute atomic E-state index is 10.3. The fourth-order valence-corrected chi connectivity index (χ4v) is 1.73. The summed E-state index contributed by atoms with van der Waals surface area (Å²) in [7, 11) is -4.08. The fraction of sp³-hybridized carbons (Fsp3) is 0.333.